The Bertz CT molecular complexity index is 625. The van der Waals surface area contributed by atoms with Crippen LogP contribution in [-0.2, 0) is 4.74 Å². The molecule has 1 aromatic carbocycles. The van der Waals surface area contributed by atoms with E-state index in [0.29, 0.717) is 13.2 Å². The Labute approximate surface area is 182 Å². The van der Waals surface area contributed by atoms with E-state index in [2.05, 4.69) is 74.0 Å². The van der Waals surface area contributed by atoms with Crippen molar-refractivity contribution in [3.05, 3.63) is 35.9 Å². The molecule has 2 atom stereocenters. The molecule has 0 spiro atoms. The van der Waals surface area contributed by atoms with E-state index >= 15 is 0 Å². The molecule has 1 aliphatic heterocycles. The third-order valence-electron chi connectivity index (χ3n) is 6.52. The van der Waals surface area contributed by atoms with E-state index in [9.17, 15) is 5.11 Å². The van der Waals surface area contributed by atoms with Crippen molar-refractivity contribution < 1.29 is 9.84 Å². The van der Waals surface area contributed by atoms with Crippen molar-refractivity contribution in [2.75, 3.05) is 39.5 Å². The second-order valence-electron chi connectivity index (χ2n) is 8.59. The van der Waals surface area contributed by atoms with Crippen LogP contribution in [-0.4, -0.2) is 56.1 Å². The number of rotatable bonds is 12. The molecule has 0 aromatic heterocycles. The molecule has 2 rings (SSSR count). The minimum absolute atomic E-state index is 0.00237. The van der Waals surface area contributed by atoms with Gasteiger partial charge in [-0.2, -0.15) is 0 Å². The molecule has 0 radical (unpaired) electrons. The highest BCUT2D eigenvalue weighted by molar-refractivity contribution is 5.79. The molecule has 0 saturated carbocycles. The standard InChI is InChI=1S/C24H42N4O2/c1-5-24(6-2,28-20(4)21-11-9-8-10-12-21)18-27-22(25-7-3)26-17-23(13-15-29)14-16-30-19-23/h8-12,20,28-29H,5-7,13-19H2,1-4H3,(H2,25,26,27). The van der Waals surface area contributed by atoms with Crippen molar-refractivity contribution in [1.82, 2.24) is 16.0 Å². The van der Waals surface area contributed by atoms with Gasteiger partial charge in [0.2, 0.25) is 0 Å². The molecule has 0 bridgehead atoms. The van der Waals surface area contributed by atoms with Gasteiger partial charge in [-0.1, -0.05) is 44.2 Å². The first-order valence-electron chi connectivity index (χ1n) is 11.6. The number of aliphatic hydroxyl groups is 1. The molecule has 0 amide bonds. The largest absolute Gasteiger partial charge is 0.396 e. The molecule has 170 valence electrons. The van der Waals surface area contributed by atoms with Crippen LogP contribution in [0.15, 0.2) is 35.3 Å². The van der Waals surface area contributed by atoms with Crippen molar-refractivity contribution in [3.63, 3.8) is 0 Å². The van der Waals surface area contributed by atoms with Crippen molar-refractivity contribution in [2.45, 2.75) is 65.0 Å². The van der Waals surface area contributed by atoms with E-state index in [1.807, 2.05) is 0 Å². The summed E-state index contributed by atoms with van der Waals surface area (Å²) in [6.45, 7) is 12.7. The third kappa shape index (κ3) is 6.96. The number of benzene rings is 1. The predicted molar refractivity (Wildman–Crippen MR) is 125 cm³/mol. The number of ether oxygens (including phenoxy) is 1. The molecule has 1 heterocycles. The van der Waals surface area contributed by atoms with E-state index < -0.39 is 0 Å². The first kappa shape index (κ1) is 24.6. The van der Waals surface area contributed by atoms with Gasteiger partial charge in [0.25, 0.3) is 0 Å². The first-order chi connectivity index (χ1) is 14.5. The van der Waals surface area contributed by atoms with E-state index in [0.717, 1.165) is 51.3 Å². The normalized spacial score (nSPS) is 20.9. The van der Waals surface area contributed by atoms with Crippen LogP contribution in [0.5, 0.6) is 0 Å². The van der Waals surface area contributed by atoms with E-state index in [1.54, 1.807) is 0 Å². The number of nitrogens with zero attached hydrogens (tertiary/aromatic N) is 1. The Morgan fingerprint density at radius 1 is 1.20 bits per heavy atom. The maximum Gasteiger partial charge on any atom is 0.191 e. The van der Waals surface area contributed by atoms with Crippen LogP contribution in [0.25, 0.3) is 0 Å². The molecule has 1 fully saturated rings. The highest BCUT2D eigenvalue weighted by Gasteiger charge is 2.34. The molecule has 30 heavy (non-hydrogen) atoms. The zero-order valence-electron chi connectivity index (χ0n) is 19.3. The van der Waals surface area contributed by atoms with Crippen LogP contribution < -0.4 is 16.0 Å². The summed E-state index contributed by atoms with van der Waals surface area (Å²) >= 11 is 0. The fraction of sp³-hybridized carbons (Fsp3) is 0.708. The number of hydrogen-bond acceptors (Lipinski definition) is 4. The monoisotopic (exact) mass is 418 g/mol. The summed E-state index contributed by atoms with van der Waals surface area (Å²) in [5.41, 5.74) is 1.24. The number of aliphatic imine (C=N–C) groups is 1. The van der Waals surface area contributed by atoms with E-state index in [4.69, 9.17) is 9.73 Å². The molecule has 6 heteroatoms. The van der Waals surface area contributed by atoms with Crippen molar-refractivity contribution >= 4 is 5.96 Å². The summed E-state index contributed by atoms with van der Waals surface area (Å²) in [5, 5.41) is 20.2. The van der Waals surface area contributed by atoms with Crippen LogP contribution in [0, 0.1) is 5.41 Å². The molecule has 1 aliphatic rings. The van der Waals surface area contributed by atoms with Crippen LogP contribution in [0.1, 0.15) is 65.0 Å². The molecule has 2 unspecified atom stereocenters. The molecule has 4 N–H and O–H groups in total. The maximum atomic E-state index is 9.47. The molecule has 0 aliphatic carbocycles. The van der Waals surface area contributed by atoms with Crippen molar-refractivity contribution in [2.24, 2.45) is 10.4 Å². The summed E-state index contributed by atoms with van der Waals surface area (Å²) < 4.78 is 5.62. The van der Waals surface area contributed by atoms with Gasteiger partial charge < -0.3 is 25.8 Å². The zero-order valence-corrected chi connectivity index (χ0v) is 19.3. The van der Waals surface area contributed by atoms with Crippen molar-refractivity contribution in [3.8, 4) is 0 Å². The van der Waals surface area contributed by atoms with Gasteiger partial charge >= 0.3 is 0 Å². The lowest BCUT2D eigenvalue weighted by Crippen LogP contribution is -2.50. The maximum absolute atomic E-state index is 9.47. The molecular formula is C24H42N4O2. The highest BCUT2D eigenvalue weighted by Crippen LogP contribution is 2.31. The fourth-order valence-corrected chi connectivity index (χ4v) is 4.16. The predicted octanol–water partition coefficient (Wildman–Crippen LogP) is 3.24. The van der Waals surface area contributed by atoms with Gasteiger partial charge in [-0.15, -0.1) is 0 Å². The zero-order chi connectivity index (χ0) is 21.9. The Kier molecular flexibility index (Phi) is 10.1. The minimum Gasteiger partial charge on any atom is -0.396 e. The smallest absolute Gasteiger partial charge is 0.191 e. The van der Waals surface area contributed by atoms with Crippen LogP contribution in [0.2, 0.25) is 0 Å². The van der Waals surface area contributed by atoms with Gasteiger partial charge in [-0.05, 0) is 45.1 Å². The molecule has 6 nitrogen and oxygen atoms in total. The second kappa shape index (κ2) is 12.3. The number of guanidine groups is 1. The van der Waals surface area contributed by atoms with Gasteiger partial charge in [-0.25, -0.2) is 0 Å². The fourth-order valence-electron chi connectivity index (χ4n) is 4.16. The summed E-state index contributed by atoms with van der Waals surface area (Å²) in [7, 11) is 0. The third-order valence-corrected chi connectivity index (χ3v) is 6.52. The molecule has 1 saturated heterocycles. The Morgan fingerprint density at radius 2 is 1.93 bits per heavy atom. The number of hydrogen-bond donors (Lipinski definition) is 4. The lowest BCUT2D eigenvalue weighted by atomic mass is 9.84. The second-order valence-corrected chi connectivity index (χ2v) is 8.59. The topological polar surface area (TPSA) is 77.9 Å². The number of aliphatic hydroxyl groups excluding tert-OH is 1. The van der Waals surface area contributed by atoms with Gasteiger partial charge in [-0.3, -0.25) is 4.99 Å². The summed E-state index contributed by atoms with van der Waals surface area (Å²) in [6, 6.07) is 10.8. The van der Waals surface area contributed by atoms with Gasteiger partial charge in [0, 0.05) is 43.3 Å². The summed E-state index contributed by atoms with van der Waals surface area (Å²) in [6.07, 6.45) is 3.74. The van der Waals surface area contributed by atoms with Crippen molar-refractivity contribution in [1.29, 1.82) is 0 Å². The summed E-state index contributed by atoms with van der Waals surface area (Å²) in [5.74, 6) is 0.835. The Morgan fingerprint density at radius 3 is 2.50 bits per heavy atom. The molecular weight excluding hydrogens is 376 g/mol. The number of nitrogens with one attached hydrogen (secondary N) is 3. The first-order valence-corrected chi connectivity index (χ1v) is 11.6. The Balaban J connectivity index is 2.06. The quantitative estimate of drug-likeness (QED) is 0.310. The highest BCUT2D eigenvalue weighted by atomic mass is 16.5. The molecule has 1 aromatic rings. The average molecular weight is 419 g/mol. The lowest BCUT2D eigenvalue weighted by Gasteiger charge is -2.35. The average Bonchev–Trinajstić information content (AvgIpc) is 3.24. The van der Waals surface area contributed by atoms with Crippen LogP contribution in [0.4, 0.5) is 0 Å². The SMILES string of the molecule is CCNC(=NCC(CC)(CC)NC(C)c1ccccc1)NCC1(CCO)CCOC1. The summed E-state index contributed by atoms with van der Waals surface area (Å²) in [4.78, 5) is 4.96. The van der Waals surface area contributed by atoms with Gasteiger partial charge in [0.05, 0.1) is 13.2 Å². The van der Waals surface area contributed by atoms with Gasteiger partial charge in [0.15, 0.2) is 5.96 Å². The van der Waals surface area contributed by atoms with E-state index in [-0.39, 0.29) is 23.6 Å². The van der Waals surface area contributed by atoms with Crippen LogP contribution >= 0.6 is 0 Å². The van der Waals surface area contributed by atoms with Crippen LogP contribution in [0.3, 0.4) is 0 Å². The minimum atomic E-state index is -0.0587. The lowest BCUT2D eigenvalue weighted by molar-refractivity contribution is 0.127. The van der Waals surface area contributed by atoms with Gasteiger partial charge in [0.1, 0.15) is 0 Å². The Hall–Kier alpha value is -1.63. The van der Waals surface area contributed by atoms with E-state index in [1.165, 1.54) is 5.56 Å².